The summed E-state index contributed by atoms with van der Waals surface area (Å²) in [5.41, 5.74) is 6.42. The lowest BCUT2D eigenvalue weighted by atomic mass is 9.98. The third-order valence-corrected chi connectivity index (χ3v) is 5.63. The second-order valence-corrected chi connectivity index (χ2v) is 7.06. The molecule has 1 aliphatic carbocycles. The van der Waals surface area contributed by atoms with Gasteiger partial charge in [-0.2, -0.15) is 0 Å². The van der Waals surface area contributed by atoms with Crippen LogP contribution in [0.4, 0.5) is 5.82 Å². The van der Waals surface area contributed by atoms with Crippen molar-refractivity contribution in [3.05, 3.63) is 23.1 Å². The van der Waals surface area contributed by atoms with Crippen molar-refractivity contribution in [1.29, 1.82) is 0 Å². The number of hydrogen-bond donors (Lipinski definition) is 1. The van der Waals surface area contributed by atoms with E-state index >= 15 is 0 Å². The fourth-order valence-corrected chi connectivity index (χ4v) is 3.99. The Hall–Kier alpha value is -1.46. The Kier molecular flexibility index (Phi) is 2.62. The molecule has 0 amide bonds. The number of carbonyl (C=O) groups is 1. The molecule has 104 valence electrons. The van der Waals surface area contributed by atoms with E-state index < -0.39 is 0 Å². The molecule has 1 saturated carbocycles. The number of pyridine rings is 1. The van der Waals surface area contributed by atoms with Gasteiger partial charge in [0.2, 0.25) is 0 Å². The van der Waals surface area contributed by atoms with Crippen molar-refractivity contribution in [1.82, 2.24) is 4.98 Å². The summed E-state index contributed by atoms with van der Waals surface area (Å²) < 4.78 is 0. The number of fused-ring (bicyclic) bond motifs is 1. The zero-order valence-corrected chi connectivity index (χ0v) is 12.0. The van der Waals surface area contributed by atoms with Gasteiger partial charge in [-0.05, 0) is 43.4 Å². The number of aldehydes is 1. The van der Waals surface area contributed by atoms with Gasteiger partial charge in [0.1, 0.15) is 10.6 Å². The van der Waals surface area contributed by atoms with Gasteiger partial charge in [0, 0.05) is 24.0 Å². The van der Waals surface area contributed by atoms with Crippen LogP contribution < -0.4 is 10.6 Å². The molecule has 0 aromatic carbocycles. The number of thiophene rings is 1. The van der Waals surface area contributed by atoms with E-state index in [9.17, 15) is 4.79 Å². The number of aromatic nitrogens is 1. The van der Waals surface area contributed by atoms with E-state index in [-0.39, 0.29) is 5.54 Å². The van der Waals surface area contributed by atoms with Crippen molar-refractivity contribution in [2.24, 2.45) is 11.7 Å². The lowest BCUT2D eigenvalue weighted by Gasteiger charge is -2.20. The molecule has 0 radical (unpaired) electrons. The summed E-state index contributed by atoms with van der Waals surface area (Å²) in [6.07, 6.45) is 4.40. The summed E-state index contributed by atoms with van der Waals surface area (Å²) in [6.45, 7) is 2.05. The first-order valence-electron chi connectivity index (χ1n) is 7.07. The van der Waals surface area contributed by atoms with E-state index in [1.807, 2.05) is 6.07 Å². The smallest absolute Gasteiger partial charge is 0.160 e. The van der Waals surface area contributed by atoms with Crippen LogP contribution in [0.2, 0.25) is 0 Å². The molecular weight excluding hydrogens is 270 g/mol. The topological polar surface area (TPSA) is 59.2 Å². The van der Waals surface area contributed by atoms with Gasteiger partial charge in [-0.1, -0.05) is 0 Å². The maximum Gasteiger partial charge on any atom is 0.160 e. The Bertz CT molecular complexity index is 677. The second-order valence-electron chi connectivity index (χ2n) is 6.00. The SMILES string of the molecule is NC1(C2CCN(c3ccc4cc(C=O)sc4n3)C2)CC1. The molecule has 2 aromatic rings. The fraction of sp³-hybridized carbons (Fsp3) is 0.467. The summed E-state index contributed by atoms with van der Waals surface area (Å²) in [4.78, 5) is 19.6. The molecule has 2 fully saturated rings. The van der Waals surface area contributed by atoms with Crippen LogP contribution in [0.5, 0.6) is 0 Å². The van der Waals surface area contributed by atoms with Crippen LogP contribution in [0.3, 0.4) is 0 Å². The number of nitrogens with two attached hydrogens (primary N) is 1. The lowest BCUT2D eigenvalue weighted by Crippen LogP contribution is -2.34. The maximum atomic E-state index is 10.8. The average molecular weight is 287 g/mol. The predicted molar refractivity (Wildman–Crippen MR) is 81.5 cm³/mol. The summed E-state index contributed by atoms with van der Waals surface area (Å²) in [6, 6.07) is 6.02. The minimum atomic E-state index is 0.104. The van der Waals surface area contributed by atoms with Gasteiger partial charge in [0.05, 0.1) is 4.88 Å². The quantitative estimate of drug-likeness (QED) is 0.881. The highest BCUT2D eigenvalue weighted by atomic mass is 32.1. The largest absolute Gasteiger partial charge is 0.356 e. The van der Waals surface area contributed by atoms with Gasteiger partial charge >= 0.3 is 0 Å². The normalized spacial score (nSPS) is 24.2. The van der Waals surface area contributed by atoms with Crippen LogP contribution in [0.25, 0.3) is 10.2 Å². The van der Waals surface area contributed by atoms with Crippen LogP contribution in [-0.4, -0.2) is 29.9 Å². The minimum absolute atomic E-state index is 0.104. The standard InChI is InChI=1S/C15H17N3OS/c16-15(4-5-15)11-3-6-18(8-11)13-2-1-10-7-12(9-19)20-14(10)17-13/h1-2,7,9,11H,3-6,8,16H2. The molecule has 0 bridgehead atoms. The average Bonchev–Trinajstić information content (AvgIpc) is 2.95. The first kappa shape index (κ1) is 12.3. The molecule has 1 saturated heterocycles. The van der Waals surface area contributed by atoms with Gasteiger partial charge in [0.15, 0.2) is 6.29 Å². The predicted octanol–water partition coefficient (Wildman–Crippen LogP) is 2.43. The van der Waals surface area contributed by atoms with E-state index in [0.29, 0.717) is 5.92 Å². The highest BCUT2D eigenvalue weighted by Gasteiger charge is 2.48. The number of anilines is 1. The Morgan fingerprint density at radius 3 is 3.05 bits per heavy atom. The van der Waals surface area contributed by atoms with Gasteiger partial charge in [-0.25, -0.2) is 4.98 Å². The first-order valence-corrected chi connectivity index (χ1v) is 7.89. The molecule has 2 aliphatic rings. The lowest BCUT2D eigenvalue weighted by molar-refractivity contribution is 0.112. The van der Waals surface area contributed by atoms with E-state index in [0.717, 1.165) is 40.3 Å². The number of rotatable bonds is 3. The molecule has 0 spiro atoms. The molecule has 1 unspecified atom stereocenters. The third-order valence-electron chi connectivity index (χ3n) is 4.66. The molecule has 1 aliphatic heterocycles. The third kappa shape index (κ3) is 1.93. The fourth-order valence-electron chi connectivity index (χ4n) is 3.15. The summed E-state index contributed by atoms with van der Waals surface area (Å²) in [5, 5.41) is 1.05. The molecule has 2 aromatic heterocycles. The Morgan fingerprint density at radius 1 is 1.45 bits per heavy atom. The van der Waals surface area contributed by atoms with Gasteiger partial charge in [-0.3, -0.25) is 4.79 Å². The van der Waals surface area contributed by atoms with Crippen LogP contribution in [0, 0.1) is 5.92 Å². The van der Waals surface area contributed by atoms with Crippen molar-refractivity contribution in [2.45, 2.75) is 24.8 Å². The Morgan fingerprint density at radius 2 is 2.30 bits per heavy atom. The number of nitrogens with zero attached hydrogens (tertiary/aromatic N) is 2. The molecule has 20 heavy (non-hydrogen) atoms. The monoisotopic (exact) mass is 287 g/mol. The van der Waals surface area contributed by atoms with Crippen LogP contribution >= 0.6 is 11.3 Å². The molecule has 3 heterocycles. The van der Waals surface area contributed by atoms with Crippen molar-refractivity contribution in [3.63, 3.8) is 0 Å². The molecule has 5 heteroatoms. The van der Waals surface area contributed by atoms with Crippen LogP contribution in [-0.2, 0) is 0 Å². The highest BCUT2D eigenvalue weighted by Crippen LogP contribution is 2.44. The van der Waals surface area contributed by atoms with E-state index in [1.165, 1.54) is 30.6 Å². The molecular formula is C15H17N3OS. The van der Waals surface area contributed by atoms with Crippen molar-refractivity contribution in [3.8, 4) is 0 Å². The summed E-state index contributed by atoms with van der Waals surface area (Å²) in [7, 11) is 0. The molecule has 1 atom stereocenters. The Labute approximate surface area is 121 Å². The second kappa shape index (κ2) is 4.27. The number of carbonyl (C=O) groups excluding carboxylic acids is 1. The van der Waals surface area contributed by atoms with Gasteiger partial charge < -0.3 is 10.6 Å². The molecule has 2 N–H and O–H groups in total. The van der Waals surface area contributed by atoms with E-state index in [2.05, 4.69) is 17.0 Å². The van der Waals surface area contributed by atoms with E-state index in [1.54, 1.807) is 0 Å². The summed E-state index contributed by atoms with van der Waals surface area (Å²) in [5.74, 6) is 1.62. The summed E-state index contributed by atoms with van der Waals surface area (Å²) >= 11 is 1.46. The zero-order valence-electron chi connectivity index (χ0n) is 11.2. The molecule has 4 nitrogen and oxygen atoms in total. The molecule has 4 rings (SSSR count). The van der Waals surface area contributed by atoms with E-state index in [4.69, 9.17) is 10.7 Å². The zero-order chi connectivity index (χ0) is 13.7. The van der Waals surface area contributed by atoms with Gasteiger partial charge in [0.25, 0.3) is 0 Å². The van der Waals surface area contributed by atoms with Crippen LogP contribution in [0.1, 0.15) is 28.9 Å². The minimum Gasteiger partial charge on any atom is -0.356 e. The van der Waals surface area contributed by atoms with Crippen molar-refractivity contribution < 1.29 is 4.79 Å². The van der Waals surface area contributed by atoms with Crippen LogP contribution in [0.15, 0.2) is 18.2 Å². The van der Waals surface area contributed by atoms with Gasteiger partial charge in [-0.15, -0.1) is 11.3 Å². The van der Waals surface area contributed by atoms with Crippen molar-refractivity contribution in [2.75, 3.05) is 18.0 Å². The van der Waals surface area contributed by atoms with Crippen molar-refractivity contribution >= 4 is 33.7 Å². The first-order chi connectivity index (χ1) is 9.68. The highest BCUT2D eigenvalue weighted by molar-refractivity contribution is 7.20. The maximum absolute atomic E-state index is 10.8. The number of hydrogen-bond acceptors (Lipinski definition) is 5. The Balaban J connectivity index is 1.60.